The van der Waals surface area contributed by atoms with Crippen molar-refractivity contribution in [2.24, 2.45) is 16.8 Å². The molecule has 1 aliphatic carbocycles. The van der Waals surface area contributed by atoms with E-state index in [1.165, 1.54) is 38.5 Å². The molecule has 3 N–H and O–H groups in total. The van der Waals surface area contributed by atoms with Crippen LogP contribution in [-0.4, -0.2) is 35.1 Å². The topological polar surface area (TPSA) is 61.8 Å². The SMILES string of the molecule is CC(C)N(CCC(N)=NO)CCC1CCCCC1. The van der Waals surface area contributed by atoms with E-state index in [4.69, 9.17) is 10.9 Å². The van der Waals surface area contributed by atoms with Gasteiger partial charge in [-0.1, -0.05) is 37.3 Å². The van der Waals surface area contributed by atoms with Crippen LogP contribution in [0.3, 0.4) is 0 Å². The van der Waals surface area contributed by atoms with Crippen LogP contribution >= 0.6 is 0 Å². The van der Waals surface area contributed by atoms with E-state index >= 15 is 0 Å². The number of hydrogen-bond donors (Lipinski definition) is 2. The molecule has 4 heteroatoms. The summed E-state index contributed by atoms with van der Waals surface area (Å²) in [6.45, 7) is 6.46. The zero-order valence-corrected chi connectivity index (χ0v) is 11.9. The van der Waals surface area contributed by atoms with Crippen LogP contribution in [0.5, 0.6) is 0 Å². The van der Waals surface area contributed by atoms with Gasteiger partial charge >= 0.3 is 0 Å². The third kappa shape index (κ3) is 5.71. The number of nitrogens with zero attached hydrogens (tertiary/aromatic N) is 2. The number of oxime groups is 1. The Hall–Kier alpha value is -0.770. The highest BCUT2D eigenvalue weighted by Crippen LogP contribution is 2.26. The van der Waals surface area contributed by atoms with Gasteiger partial charge in [0, 0.05) is 19.0 Å². The molecule has 0 amide bonds. The van der Waals surface area contributed by atoms with Crippen molar-refractivity contribution >= 4 is 5.84 Å². The van der Waals surface area contributed by atoms with Crippen molar-refractivity contribution in [3.05, 3.63) is 0 Å². The van der Waals surface area contributed by atoms with Crippen molar-refractivity contribution < 1.29 is 5.21 Å². The van der Waals surface area contributed by atoms with Crippen molar-refractivity contribution in [1.29, 1.82) is 0 Å². The summed E-state index contributed by atoms with van der Waals surface area (Å²) in [6, 6.07) is 0.528. The molecule has 0 heterocycles. The van der Waals surface area contributed by atoms with Gasteiger partial charge in [-0.15, -0.1) is 0 Å². The normalized spacial score (nSPS) is 18.8. The third-order valence-electron chi connectivity index (χ3n) is 4.06. The van der Waals surface area contributed by atoms with Crippen molar-refractivity contribution in [2.75, 3.05) is 13.1 Å². The summed E-state index contributed by atoms with van der Waals surface area (Å²) in [6.07, 6.45) is 9.02. The smallest absolute Gasteiger partial charge is 0.140 e. The van der Waals surface area contributed by atoms with E-state index in [1.54, 1.807) is 0 Å². The van der Waals surface area contributed by atoms with Gasteiger partial charge in [0.2, 0.25) is 0 Å². The summed E-state index contributed by atoms with van der Waals surface area (Å²) in [5.74, 6) is 1.25. The second-order valence-electron chi connectivity index (χ2n) is 5.76. The fourth-order valence-electron chi connectivity index (χ4n) is 2.76. The molecular weight excluding hydrogens is 226 g/mol. The van der Waals surface area contributed by atoms with Crippen LogP contribution in [0.15, 0.2) is 5.16 Å². The first-order valence-corrected chi connectivity index (χ1v) is 7.34. The summed E-state index contributed by atoms with van der Waals surface area (Å²) >= 11 is 0. The molecule has 0 aromatic rings. The first-order valence-electron chi connectivity index (χ1n) is 7.34. The Bertz CT molecular complexity index is 247. The molecule has 0 saturated heterocycles. The monoisotopic (exact) mass is 255 g/mol. The molecule has 0 unspecified atom stereocenters. The van der Waals surface area contributed by atoms with Gasteiger partial charge in [0.1, 0.15) is 5.84 Å². The van der Waals surface area contributed by atoms with Crippen molar-refractivity contribution in [3.8, 4) is 0 Å². The highest BCUT2D eigenvalue weighted by molar-refractivity contribution is 5.79. The number of amidine groups is 1. The van der Waals surface area contributed by atoms with E-state index in [2.05, 4.69) is 23.9 Å². The Morgan fingerprint density at radius 3 is 2.50 bits per heavy atom. The summed E-state index contributed by atoms with van der Waals surface area (Å²) in [5.41, 5.74) is 5.53. The lowest BCUT2D eigenvalue weighted by Gasteiger charge is -2.29. The predicted octanol–water partition coefficient (Wildman–Crippen LogP) is 2.80. The quantitative estimate of drug-likeness (QED) is 0.318. The molecule has 18 heavy (non-hydrogen) atoms. The maximum absolute atomic E-state index is 8.56. The van der Waals surface area contributed by atoms with Gasteiger partial charge in [-0.3, -0.25) is 0 Å². The lowest BCUT2D eigenvalue weighted by molar-refractivity contribution is 0.197. The Morgan fingerprint density at radius 2 is 1.94 bits per heavy atom. The lowest BCUT2D eigenvalue weighted by atomic mass is 9.87. The first-order chi connectivity index (χ1) is 8.63. The van der Waals surface area contributed by atoms with Gasteiger partial charge in [-0.2, -0.15) is 0 Å². The van der Waals surface area contributed by atoms with Gasteiger partial charge in [0.15, 0.2) is 0 Å². The lowest BCUT2D eigenvalue weighted by Crippen LogP contribution is -2.35. The standard InChI is InChI=1S/C14H29N3O/c1-12(2)17(11-9-14(15)16-18)10-8-13-6-4-3-5-7-13/h12-13,18H,3-11H2,1-2H3,(H2,15,16). The van der Waals surface area contributed by atoms with Crippen LogP contribution in [-0.2, 0) is 0 Å². The van der Waals surface area contributed by atoms with E-state index < -0.39 is 0 Å². The van der Waals surface area contributed by atoms with Crippen LogP contribution in [0.2, 0.25) is 0 Å². The second kappa shape index (κ2) is 8.35. The molecule has 0 aliphatic heterocycles. The van der Waals surface area contributed by atoms with Gasteiger partial charge in [-0.25, -0.2) is 0 Å². The predicted molar refractivity (Wildman–Crippen MR) is 75.9 cm³/mol. The highest BCUT2D eigenvalue weighted by atomic mass is 16.4. The Kier molecular flexibility index (Phi) is 7.09. The molecule has 1 aliphatic rings. The van der Waals surface area contributed by atoms with Crippen LogP contribution in [0.4, 0.5) is 0 Å². The van der Waals surface area contributed by atoms with Gasteiger partial charge in [0.05, 0.1) is 0 Å². The van der Waals surface area contributed by atoms with E-state index in [-0.39, 0.29) is 0 Å². The van der Waals surface area contributed by atoms with E-state index in [9.17, 15) is 0 Å². The molecule has 0 aromatic heterocycles. The second-order valence-corrected chi connectivity index (χ2v) is 5.76. The van der Waals surface area contributed by atoms with Gasteiger partial charge < -0.3 is 15.8 Å². The summed E-state index contributed by atoms with van der Waals surface area (Å²) in [4.78, 5) is 2.44. The summed E-state index contributed by atoms with van der Waals surface area (Å²) in [5, 5.41) is 11.6. The molecular formula is C14H29N3O. The molecule has 0 bridgehead atoms. The number of nitrogens with two attached hydrogens (primary N) is 1. The molecule has 0 spiro atoms. The van der Waals surface area contributed by atoms with E-state index in [0.717, 1.165) is 19.0 Å². The van der Waals surface area contributed by atoms with E-state index in [0.29, 0.717) is 18.3 Å². The maximum Gasteiger partial charge on any atom is 0.140 e. The average molecular weight is 255 g/mol. The largest absolute Gasteiger partial charge is 0.409 e. The number of rotatable bonds is 7. The molecule has 1 fully saturated rings. The molecule has 1 saturated carbocycles. The average Bonchev–Trinajstić information content (AvgIpc) is 2.39. The number of hydrogen-bond acceptors (Lipinski definition) is 3. The Labute approximate surface area is 111 Å². The minimum atomic E-state index is 0.332. The zero-order valence-electron chi connectivity index (χ0n) is 11.9. The highest BCUT2D eigenvalue weighted by Gasteiger charge is 2.16. The van der Waals surface area contributed by atoms with Crippen molar-refractivity contribution in [2.45, 2.75) is 64.8 Å². The minimum absolute atomic E-state index is 0.332. The fraction of sp³-hybridized carbons (Fsp3) is 0.929. The van der Waals surface area contributed by atoms with Crippen LogP contribution in [0, 0.1) is 5.92 Å². The summed E-state index contributed by atoms with van der Waals surface area (Å²) in [7, 11) is 0. The Morgan fingerprint density at radius 1 is 1.28 bits per heavy atom. The molecule has 106 valence electrons. The van der Waals surface area contributed by atoms with Gasteiger partial charge in [0.25, 0.3) is 0 Å². The first kappa shape index (κ1) is 15.3. The molecule has 1 rings (SSSR count). The Balaban J connectivity index is 2.28. The van der Waals surface area contributed by atoms with E-state index in [1.807, 2.05) is 0 Å². The fourth-order valence-corrected chi connectivity index (χ4v) is 2.76. The van der Waals surface area contributed by atoms with Crippen molar-refractivity contribution in [3.63, 3.8) is 0 Å². The van der Waals surface area contributed by atoms with Crippen LogP contribution in [0.25, 0.3) is 0 Å². The van der Waals surface area contributed by atoms with Gasteiger partial charge in [-0.05, 0) is 32.7 Å². The molecule has 0 atom stereocenters. The van der Waals surface area contributed by atoms with Crippen molar-refractivity contribution in [1.82, 2.24) is 4.90 Å². The van der Waals surface area contributed by atoms with Crippen LogP contribution < -0.4 is 5.73 Å². The maximum atomic E-state index is 8.56. The third-order valence-corrected chi connectivity index (χ3v) is 4.06. The zero-order chi connectivity index (χ0) is 13.4. The molecule has 0 radical (unpaired) electrons. The minimum Gasteiger partial charge on any atom is -0.409 e. The molecule has 0 aromatic carbocycles. The molecule has 4 nitrogen and oxygen atoms in total. The summed E-state index contributed by atoms with van der Waals surface area (Å²) < 4.78 is 0. The van der Waals surface area contributed by atoms with Crippen LogP contribution in [0.1, 0.15) is 58.8 Å².